The summed E-state index contributed by atoms with van der Waals surface area (Å²) in [5.41, 5.74) is 5.04. The van der Waals surface area contributed by atoms with Gasteiger partial charge in [-0.3, -0.25) is 9.98 Å². The summed E-state index contributed by atoms with van der Waals surface area (Å²) >= 11 is 0. The largest absolute Gasteiger partial charge is 0.283 e. The van der Waals surface area contributed by atoms with E-state index in [2.05, 4.69) is 45.9 Å². The fraction of sp³-hybridized carbons (Fsp3) is 0.333. The van der Waals surface area contributed by atoms with Gasteiger partial charge in [0.1, 0.15) is 11.3 Å². The van der Waals surface area contributed by atoms with Crippen LogP contribution in [0.2, 0.25) is 0 Å². The smallest absolute Gasteiger partial charge is 0.140 e. The molecule has 1 heterocycles. The van der Waals surface area contributed by atoms with Crippen molar-refractivity contribution >= 4 is 10.9 Å². The molecule has 0 fully saturated rings. The van der Waals surface area contributed by atoms with Crippen LogP contribution in [0, 0.1) is 12.3 Å². The Balaban J connectivity index is 2.46. The van der Waals surface area contributed by atoms with Crippen LogP contribution < -0.4 is 5.49 Å². The van der Waals surface area contributed by atoms with Crippen LogP contribution in [0.15, 0.2) is 42.5 Å². The third-order valence-corrected chi connectivity index (χ3v) is 4.55. The minimum Gasteiger partial charge on any atom is -0.283 e. The average Bonchev–Trinajstić information content (AvgIpc) is 2.54. The van der Waals surface area contributed by atoms with Crippen molar-refractivity contribution in [1.82, 2.24) is 9.55 Å². The Bertz CT molecular complexity index is 923. The Morgan fingerprint density at radius 3 is 2.04 bits per heavy atom. The van der Waals surface area contributed by atoms with E-state index < -0.39 is 0 Å². The predicted molar refractivity (Wildman–Crippen MR) is 99.8 cm³/mol. The molecular weight excluding hydrogens is 294 g/mol. The van der Waals surface area contributed by atoms with E-state index in [4.69, 9.17) is 10.4 Å². The van der Waals surface area contributed by atoms with Crippen molar-refractivity contribution in [3.8, 4) is 5.69 Å². The van der Waals surface area contributed by atoms with E-state index in [0.29, 0.717) is 17.3 Å². The molecule has 1 N–H and O–H groups in total. The summed E-state index contributed by atoms with van der Waals surface area (Å²) in [5.74, 6) is 1.63. The highest BCUT2D eigenvalue weighted by atomic mass is 15.1. The van der Waals surface area contributed by atoms with Crippen molar-refractivity contribution < 1.29 is 0 Å². The summed E-state index contributed by atoms with van der Waals surface area (Å²) in [6.07, 6.45) is 0. The molecule has 0 amide bonds. The van der Waals surface area contributed by atoms with Gasteiger partial charge < -0.3 is 0 Å². The van der Waals surface area contributed by atoms with Crippen LogP contribution in [-0.2, 0) is 0 Å². The number of aromatic nitrogens is 2. The first kappa shape index (κ1) is 16.4. The van der Waals surface area contributed by atoms with Crippen LogP contribution in [0.5, 0.6) is 0 Å². The molecule has 0 bridgehead atoms. The lowest BCUT2D eigenvalue weighted by Crippen LogP contribution is -2.25. The molecule has 3 aromatic rings. The molecule has 0 aliphatic carbocycles. The fourth-order valence-corrected chi connectivity index (χ4v) is 3.32. The van der Waals surface area contributed by atoms with E-state index in [-0.39, 0.29) is 0 Å². The van der Waals surface area contributed by atoms with Crippen molar-refractivity contribution in [3.63, 3.8) is 0 Å². The number of rotatable bonds is 3. The Labute approximate surface area is 143 Å². The minimum atomic E-state index is 0.386. The number of hydrogen-bond donors (Lipinski definition) is 1. The van der Waals surface area contributed by atoms with Crippen molar-refractivity contribution in [1.29, 1.82) is 5.41 Å². The minimum absolute atomic E-state index is 0.386. The molecule has 3 heteroatoms. The van der Waals surface area contributed by atoms with Gasteiger partial charge in [-0.2, -0.15) is 0 Å². The van der Waals surface area contributed by atoms with Crippen LogP contribution in [0.4, 0.5) is 0 Å². The van der Waals surface area contributed by atoms with Gasteiger partial charge in [-0.25, -0.2) is 4.98 Å². The van der Waals surface area contributed by atoms with Gasteiger partial charge >= 0.3 is 0 Å². The predicted octanol–water partition coefficient (Wildman–Crippen LogP) is 5.06. The summed E-state index contributed by atoms with van der Waals surface area (Å²) in [6.45, 7) is 10.8. The second kappa shape index (κ2) is 6.23. The lowest BCUT2D eigenvalue weighted by atomic mass is 9.92. The summed E-state index contributed by atoms with van der Waals surface area (Å²) in [5, 5.41) is 9.70. The molecule has 24 heavy (non-hydrogen) atoms. The van der Waals surface area contributed by atoms with Crippen LogP contribution in [0.1, 0.15) is 56.5 Å². The van der Waals surface area contributed by atoms with Crippen LogP contribution >= 0.6 is 0 Å². The first-order valence-electron chi connectivity index (χ1n) is 8.58. The highest BCUT2D eigenvalue weighted by Crippen LogP contribution is 2.31. The molecule has 124 valence electrons. The van der Waals surface area contributed by atoms with Gasteiger partial charge in [-0.05, 0) is 42.0 Å². The van der Waals surface area contributed by atoms with Crippen molar-refractivity contribution in [3.05, 3.63) is 64.9 Å². The number of hydrogen-bond acceptors (Lipinski definition) is 2. The van der Waals surface area contributed by atoms with Crippen LogP contribution in [0.3, 0.4) is 0 Å². The first-order valence-corrected chi connectivity index (χ1v) is 8.58. The van der Waals surface area contributed by atoms with Gasteiger partial charge in [0.05, 0.1) is 11.2 Å². The molecule has 0 aliphatic heterocycles. The summed E-state index contributed by atoms with van der Waals surface area (Å²) in [4.78, 5) is 4.76. The van der Waals surface area contributed by atoms with Crippen LogP contribution in [0.25, 0.3) is 16.6 Å². The van der Waals surface area contributed by atoms with Crippen LogP contribution in [-0.4, -0.2) is 9.55 Å². The standard InChI is InChI=1S/C21H25N3/c1-13(2)16-10-8-11-17(14(3)4)20(16)24-15(5)23-19-12-7-6-9-18(19)21(24)22/h6-14,22H,1-5H3. The van der Waals surface area contributed by atoms with E-state index >= 15 is 0 Å². The zero-order valence-electron chi connectivity index (χ0n) is 15.1. The molecule has 0 aliphatic rings. The van der Waals surface area contributed by atoms with Gasteiger partial charge in [0.25, 0.3) is 0 Å². The Kier molecular flexibility index (Phi) is 4.27. The van der Waals surface area contributed by atoms with Gasteiger partial charge in [-0.15, -0.1) is 0 Å². The summed E-state index contributed by atoms with van der Waals surface area (Å²) in [6, 6.07) is 14.4. The van der Waals surface area contributed by atoms with E-state index in [1.807, 2.05) is 35.8 Å². The van der Waals surface area contributed by atoms with E-state index in [0.717, 1.165) is 22.4 Å². The number of benzene rings is 2. The van der Waals surface area contributed by atoms with E-state index in [1.165, 1.54) is 11.1 Å². The van der Waals surface area contributed by atoms with E-state index in [1.54, 1.807) is 0 Å². The Hall–Kier alpha value is -2.42. The van der Waals surface area contributed by atoms with Crippen molar-refractivity contribution in [2.75, 3.05) is 0 Å². The molecule has 0 saturated heterocycles. The quantitative estimate of drug-likeness (QED) is 0.720. The lowest BCUT2D eigenvalue weighted by molar-refractivity contribution is 0.768. The fourth-order valence-electron chi connectivity index (χ4n) is 3.32. The van der Waals surface area contributed by atoms with Crippen molar-refractivity contribution in [2.45, 2.75) is 46.5 Å². The maximum atomic E-state index is 8.82. The SMILES string of the molecule is Cc1nc2ccccc2c(=N)n1-c1c(C(C)C)cccc1C(C)C. The number of nitrogens with zero attached hydrogens (tertiary/aromatic N) is 2. The van der Waals surface area contributed by atoms with Gasteiger partial charge in [-0.1, -0.05) is 58.0 Å². The molecule has 0 radical (unpaired) electrons. The first-order chi connectivity index (χ1) is 11.4. The number of nitrogens with one attached hydrogen (secondary N) is 1. The summed E-state index contributed by atoms with van der Waals surface area (Å²) < 4.78 is 2.02. The molecule has 0 atom stereocenters. The molecule has 1 aromatic heterocycles. The lowest BCUT2D eigenvalue weighted by Gasteiger charge is -2.23. The third kappa shape index (κ3) is 2.64. The monoisotopic (exact) mass is 319 g/mol. The zero-order chi connectivity index (χ0) is 17.4. The molecule has 3 rings (SSSR count). The van der Waals surface area contributed by atoms with Crippen molar-refractivity contribution in [2.24, 2.45) is 0 Å². The number of fused-ring (bicyclic) bond motifs is 1. The third-order valence-electron chi connectivity index (χ3n) is 4.55. The topological polar surface area (TPSA) is 41.7 Å². The summed E-state index contributed by atoms with van der Waals surface area (Å²) in [7, 11) is 0. The number of aryl methyl sites for hydroxylation is 1. The maximum absolute atomic E-state index is 8.82. The highest BCUT2D eigenvalue weighted by Gasteiger charge is 2.18. The van der Waals surface area contributed by atoms with E-state index in [9.17, 15) is 0 Å². The second-order valence-corrected chi connectivity index (χ2v) is 6.95. The van der Waals surface area contributed by atoms with Gasteiger partial charge in [0, 0.05) is 5.39 Å². The zero-order valence-corrected chi connectivity index (χ0v) is 15.1. The molecule has 3 nitrogen and oxygen atoms in total. The number of para-hydroxylation sites is 2. The maximum Gasteiger partial charge on any atom is 0.140 e. The normalized spacial score (nSPS) is 11.6. The Morgan fingerprint density at radius 2 is 1.46 bits per heavy atom. The average molecular weight is 319 g/mol. The molecule has 0 unspecified atom stereocenters. The second-order valence-electron chi connectivity index (χ2n) is 6.95. The van der Waals surface area contributed by atoms with Gasteiger partial charge in [0.15, 0.2) is 0 Å². The molecule has 2 aromatic carbocycles. The Morgan fingerprint density at radius 1 is 0.875 bits per heavy atom. The molecule has 0 saturated carbocycles. The van der Waals surface area contributed by atoms with Gasteiger partial charge in [0.2, 0.25) is 0 Å². The molecule has 0 spiro atoms. The molecular formula is C21H25N3. The highest BCUT2D eigenvalue weighted by molar-refractivity contribution is 5.77.